The van der Waals surface area contributed by atoms with Gasteiger partial charge in [-0.25, -0.2) is 0 Å². The van der Waals surface area contributed by atoms with Gasteiger partial charge in [-0.3, -0.25) is 4.90 Å². The minimum atomic E-state index is 0.274. The Kier molecular flexibility index (Phi) is 2.94. The van der Waals surface area contributed by atoms with Gasteiger partial charge in [-0.05, 0) is 45.7 Å². The molecular formula is C14H21NO. The normalized spacial score (nSPS) is 20.2. The van der Waals surface area contributed by atoms with Crippen LogP contribution in [0.4, 0.5) is 0 Å². The second kappa shape index (κ2) is 4.10. The van der Waals surface area contributed by atoms with Gasteiger partial charge in [0.25, 0.3) is 0 Å². The molecule has 88 valence electrons. The van der Waals surface area contributed by atoms with Crippen molar-refractivity contribution < 1.29 is 5.11 Å². The lowest BCUT2D eigenvalue weighted by molar-refractivity contribution is 0.165. The third kappa shape index (κ3) is 2.07. The van der Waals surface area contributed by atoms with Crippen LogP contribution in [-0.2, 0) is 6.54 Å². The number of aryl methyl sites for hydroxylation is 1. The van der Waals surface area contributed by atoms with Crippen molar-refractivity contribution in [1.82, 2.24) is 4.90 Å². The summed E-state index contributed by atoms with van der Waals surface area (Å²) in [5.41, 5.74) is 2.29. The Labute approximate surface area is 97.9 Å². The molecule has 0 bridgehead atoms. The van der Waals surface area contributed by atoms with Crippen LogP contribution in [0.15, 0.2) is 18.2 Å². The van der Waals surface area contributed by atoms with Crippen LogP contribution in [0.5, 0.6) is 5.75 Å². The van der Waals surface area contributed by atoms with Gasteiger partial charge in [0.05, 0.1) is 0 Å². The first-order valence-electron chi connectivity index (χ1n) is 6.03. The van der Waals surface area contributed by atoms with Gasteiger partial charge in [0.2, 0.25) is 0 Å². The SMILES string of the molecule is Cc1cccc(CN2CCCC2(C)C)c1O. The van der Waals surface area contributed by atoms with Crippen molar-refractivity contribution in [3.8, 4) is 5.75 Å². The lowest BCUT2D eigenvalue weighted by atomic mass is 10.0. The number of rotatable bonds is 2. The van der Waals surface area contributed by atoms with Crippen molar-refractivity contribution in [2.75, 3.05) is 6.54 Å². The van der Waals surface area contributed by atoms with Crippen molar-refractivity contribution in [2.45, 2.75) is 45.7 Å². The lowest BCUT2D eigenvalue weighted by Crippen LogP contribution is -2.37. The molecule has 2 rings (SSSR count). The first-order chi connectivity index (χ1) is 7.50. The van der Waals surface area contributed by atoms with E-state index in [0.717, 1.165) is 24.2 Å². The maximum Gasteiger partial charge on any atom is 0.122 e. The number of para-hydroxylation sites is 1. The molecule has 1 heterocycles. The molecule has 1 aromatic rings. The van der Waals surface area contributed by atoms with E-state index in [2.05, 4.69) is 18.7 Å². The van der Waals surface area contributed by atoms with E-state index >= 15 is 0 Å². The zero-order chi connectivity index (χ0) is 11.8. The molecule has 1 aliphatic rings. The first kappa shape index (κ1) is 11.5. The van der Waals surface area contributed by atoms with Crippen LogP contribution in [0.25, 0.3) is 0 Å². The van der Waals surface area contributed by atoms with Gasteiger partial charge in [-0.1, -0.05) is 18.2 Å². The summed E-state index contributed by atoms with van der Waals surface area (Å²) in [4.78, 5) is 2.46. The Bertz CT molecular complexity index is 384. The van der Waals surface area contributed by atoms with Gasteiger partial charge in [-0.15, -0.1) is 0 Å². The van der Waals surface area contributed by atoms with Crippen molar-refractivity contribution in [1.29, 1.82) is 0 Å². The number of aromatic hydroxyl groups is 1. The molecule has 1 fully saturated rings. The molecule has 1 aromatic carbocycles. The van der Waals surface area contributed by atoms with Crippen LogP contribution >= 0.6 is 0 Å². The maximum atomic E-state index is 10.0. The molecule has 0 atom stereocenters. The molecule has 1 aliphatic heterocycles. The highest BCUT2D eigenvalue weighted by atomic mass is 16.3. The van der Waals surface area contributed by atoms with Crippen LogP contribution in [-0.4, -0.2) is 22.1 Å². The quantitative estimate of drug-likeness (QED) is 0.826. The molecule has 0 saturated carbocycles. The molecule has 1 saturated heterocycles. The maximum absolute atomic E-state index is 10.0. The average Bonchev–Trinajstić information content (AvgIpc) is 2.54. The van der Waals surface area contributed by atoms with Crippen LogP contribution < -0.4 is 0 Å². The van der Waals surface area contributed by atoms with E-state index in [1.54, 1.807) is 0 Å². The monoisotopic (exact) mass is 219 g/mol. The van der Waals surface area contributed by atoms with E-state index in [9.17, 15) is 5.11 Å². The highest BCUT2D eigenvalue weighted by Crippen LogP contribution is 2.32. The average molecular weight is 219 g/mol. The summed E-state index contributed by atoms with van der Waals surface area (Å²) in [5.74, 6) is 0.463. The van der Waals surface area contributed by atoms with Crippen molar-refractivity contribution >= 4 is 0 Å². The summed E-state index contributed by atoms with van der Waals surface area (Å²) in [6.07, 6.45) is 2.51. The predicted molar refractivity (Wildman–Crippen MR) is 66.6 cm³/mol. The standard InChI is InChI=1S/C14H21NO/c1-11-6-4-7-12(13(11)16)10-15-9-5-8-14(15,2)3/h4,6-7,16H,5,8-10H2,1-3H3. The van der Waals surface area contributed by atoms with E-state index in [1.165, 1.54) is 12.8 Å². The molecule has 0 radical (unpaired) electrons. The van der Waals surface area contributed by atoms with Crippen molar-refractivity contribution in [3.63, 3.8) is 0 Å². The number of likely N-dealkylation sites (tertiary alicyclic amines) is 1. The molecule has 2 nitrogen and oxygen atoms in total. The van der Waals surface area contributed by atoms with E-state index in [0.29, 0.717) is 5.75 Å². The van der Waals surface area contributed by atoms with Crippen molar-refractivity contribution in [3.05, 3.63) is 29.3 Å². The first-order valence-corrected chi connectivity index (χ1v) is 6.03. The highest BCUT2D eigenvalue weighted by molar-refractivity contribution is 5.39. The summed E-state index contributed by atoms with van der Waals surface area (Å²) in [6, 6.07) is 6.00. The fourth-order valence-electron chi connectivity index (χ4n) is 2.51. The topological polar surface area (TPSA) is 23.5 Å². The smallest absolute Gasteiger partial charge is 0.122 e. The van der Waals surface area contributed by atoms with Crippen LogP contribution in [0.3, 0.4) is 0 Å². The second-order valence-corrected chi connectivity index (χ2v) is 5.42. The largest absolute Gasteiger partial charge is 0.507 e. The number of phenols is 1. The molecule has 16 heavy (non-hydrogen) atoms. The van der Waals surface area contributed by atoms with E-state index in [-0.39, 0.29) is 5.54 Å². The Balaban J connectivity index is 2.18. The second-order valence-electron chi connectivity index (χ2n) is 5.42. The van der Waals surface area contributed by atoms with E-state index < -0.39 is 0 Å². The van der Waals surface area contributed by atoms with Gasteiger partial charge in [0, 0.05) is 17.6 Å². The third-order valence-electron chi connectivity index (χ3n) is 3.76. The lowest BCUT2D eigenvalue weighted by Gasteiger charge is -2.31. The molecule has 0 unspecified atom stereocenters. The van der Waals surface area contributed by atoms with Crippen LogP contribution in [0.2, 0.25) is 0 Å². The minimum Gasteiger partial charge on any atom is -0.507 e. The number of hydrogen-bond acceptors (Lipinski definition) is 2. The van der Waals surface area contributed by atoms with Gasteiger partial charge < -0.3 is 5.11 Å². The molecule has 0 aromatic heterocycles. The summed E-state index contributed by atoms with van der Waals surface area (Å²) in [5, 5.41) is 10.0. The molecule has 0 spiro atoms. The van der Waals surface area contributed by atoms with Gasteiger partial charge in [0.1, 0.15) is 5.75 Å². The minimum absolute atomic E-state index is 0.274. The third-order valence-corrected chi connectivity index (χ3v) is 3.76. The zero-order valence-corrected chi connectivity index (χ0v) is 10.5. The van der Waals surface area contributed by atoms with Gasteiger partial charge in [-0.2, -0.15) is 0 Å². The van der Waals surface area contributed by atoms with Gasteiger partial charge >= 0.3 is 0 Å². The fourth-order valence-corrected chi connectivity index (χ4v) is 2.51. The summed E-state index contributed by atoms with van der Waals surface area (Å²) in [6.45, 7) is 8.52. The van der Waals surface area contributed by atoms with Crippen molar-refractivity contribution in [2.24, 2.45) is 0 Å². The van der Waals surface area contributed by atoms with Crippen LogP contribution in [0.1, 0.15) is 37.8 Å². The molecule has 0 amide bonds. The predicted octanol–water partition coefficient (Wildman–Crippen LogP) is 3.08. The number of phenolic OH excluding ortho intramolecular Hbond substituents is 1. The fraction of sp³-hybridized carbons (Fsp3) is 0.571. The molecule has 1 N–H and O–H groups in total. The summed E-state index contributed by atoms with van der Waals surface area (Å²) in [7, 11) is 0. The Morgan fingerprint density at radius 2 is 2.12 bits per heavy atom. The summed E-state index contributed by atoms with van der Waals surface area (Å²) >= 11 is 0. The molecular weight excluding hydrogens is 198 g/mol. The van der Waals surface area contributed by atoms with Gasteiger partial charge in [0.15, 0.2) is 0 Å². The number of benzene rings is 1. The van der Waals surface area contributed by atoms with E-state index in [4.69, 9.17) is 0 Å². The Hall–Kier alpha value is -1.02. The zero-order valence-electron chi connectivity index (χ0n) is 10.5. The van der Waals surface area contributed by atoms with Crippen LogP contribution in [0, 0.1) is 6.92 Å². The Morgan fingerprint density at radius 3 is 2.75 bits per heavy atom. The number of nitrogens with zero attached hydrogens (tertiary/aromatic N) is 1. The van der Waals surface area contributed by atoms with E-state index in [1.807, 2.05) is 25.1 Å². The highest BCUT2D eigenvalue weighted by Gasteiger charge is 2.31. The number of hydrogen-bond donors (Lipinski definition) is 1. The molecule has 0 aliphatic carbocycles. The molecule has 2 heteroatoms. The Morgan fingerprint density at radius 1 is 1.38 bits per heavy atom. The summed E-state index contributed by atoms with van der Waals surface area (Å²) < 4.78 is 0.